The minimum absolute atomic E-state index is 0.0640. The predicted octanol–water partition coefficient (Wildman–Crippen LogP) is 2.48. The summed E-state index contributed by atoms with van der Waals surface area (Å²) in [5, 5.41) is 0. The number of hydrogen-bond acceptors (Lipinski definition) is 7. The third kappa shape index (κ3) is 3.87. The number of methoxy groups -OCH3 is 1. The highest BCUT2D eigenvalue weighted by Crippen LogP contribution is 2.37. The Morgan fingerprint density at radius 1 is 1.07 bits per heavy atom. The Morgan fingerprint density at radius 2 is 1.68 bits per heavy atom. The van der Waals surface area contributed by atoms with Crippen LogP contribution in [0.4, 0.5) is 5.82 Å². The Morgan fingerprint density at radius 3 is 2.25 bits per heavy atom. The van der Waals surface area contributed by atoms with Gasteiger partial charge in [-0.15, -0.1) is 12.6 Å². The van der Waals surface area contributed by atoms with Crippen LogP contribution in [0, 0.1) is 0 Å². The Labute approximate surface area is 171 Å². The molecule has 1 aromatic carbocycles. The number of anilines is 1. The Bertz CT molecular complexity index is 979. The van der Waals surface area contributed by atoms with Crippen molar-refractivity contribution in [3.63, 3.8) is 0 Å². The minimum Gasteiger partial charge on any atom is -0.481 e. The Kier molecular flexibility index (Phi) is 5.43. The van der Waals surface area contributed by atoms with Gasteiger partial charge in [0.2, 0.25) is 5.88 Å². The SMILES string of the molecule is COc1nc(NS(=O)(=O)c2ccccc2S)ccc1B1OC(C)(C)C(C)(C)O1. The van der Waals surface area contributed by atoms with Gasteiger partial charge in [0.05, 0.1) is 18.3 Å². The van der Waals surface area contributed by atoms with Crippen molar-refractivity contribution in [1.29, 1.82) is 0 Å². The van der Waals surface area contributed by atoms with Crippen LogP contribution in [0.25, 0.3) is 0 Å². The number of rotatable bonds is 5. The second kappa shape index (κ2) is 7.25. The molecule has 0 atom stereocenters. The lowest BCUT2D eigenvalue weighted by Gasteiger charge is -2.32. The number of ether oxygens (including phenoxy) is 1. The van der Waals surface area contributed by atoms with Crippen LogP contribution in [0.2, 0.25) is 0 Å². The van der Waals surface area contributed by atoms with Gasteiger partial charge in [-0.25, -0.2) is 8.42 Å². The summed E-state index contributed by atoms with van der Waals surface area (Å²) in [5.74, 6) is 0.339. The van der Waals surface area contributed by atoms with E-state index in [4.69, 9.17) is 14.0 Å². The van der Waals surface area contributed by atoms with E-state index in [-0.39, 0.29) is 16.6 Å². The molecule has 0 saturated carbocycles. The van der Waals surface area contributed by atoms with Crippen molar-refractivity contribution in [3.8, 4) is 5.88 Å². The molecule has 0 unspecified atom stereocenters. The molecule has 1 aliphatic heterocycles. The van der Waals surface area contributed by atoms with Crippen molar-refractivity contribution in [2.75, 3.05) is 11.8 Å². The van der Waals surface area contributed by atoms with Gasteiger partial charge in [0.1, 0.15) is 10.7 Å². The highest BCUT2D eigenvalue weighted by atomic mass is 32.2. The van der Waals surface area contributed by atoms with Crippen LogP contribution >= 0.6 is 12.6 Å². The van der Waals surface area contributed by atoms with E-state index in [9.17, 15) is 8.42 Å². The van der Waals surface area contributed by atoms with Crippen molar-refractivity contribution in [2.45, 2.75) is 48.7 Å². The van der Waals surface area contributed by atoms with Gasteiger partial charge < -0.3 is 14.0 Å². The smallest absolute Gasteiger partial charge is 0.481 e. The Hall–Kier alpha value is -1.75. The summed E-state index contributed by atoms with van der Waals surface area (Å²) < 4.78 is 45.2. The van der Waals surface area contributed by atoms with Crippen LogP contribution in [0.1, 0.15) is 27.7 Å². The van der Waals surface area contributed by atoms with Crippen LogP contribution < -0.4 is 14.9 Å². The lowest BCUT2D eigenvalue weighted by atomic mass is 9.79. The fraction of sp³-hybridized carbons (Fsp3) is 0.389. The van der Waals surface area contributed by atoms with E-state index in [0.717, 1.165) is 0 Å². The summed E-state index contributed by atoms with van der Waals surface area (Å²) in [6.45, 7) is 7.79. The Balaban J connectivity index is 1.90. The van der Waals surface area contributed by atoms with Crippen molar-refractivity contribution >= 4 is 41.1 Å². The van der Waals surface area contributed by atoms with Crippen LogP contribution in [0.3, 0.4) is 0 Å². The van der Waals surface area contributed by atoms with E-state index in [1.54, 1.807) is 30.3 Å². The maximum Gasteiger partial charge on any atom is 0.500 e. The van der Waals surface area contributed by atoms with E-state index < -0.39 is 28.3 Å². The quantitative estimate of drug-likeness (QED) is 0.569. The first-order valence-electron chi connectivity index (χ1n) is 8.68. The van der Waals surface area contributed by atoms with Gasteiger partial charge >= 0.3 is 7.12 Å². The van der Waals surface area contributed by atoms with Crippen molar-refractivity contribution in [1.82, 2.24) is 4.98 Å². The average molecular weight is 422 g/mol. The molecule has 3 rings (SSSR count). The maximum absolute atomic E-state index is 12.6. The molecule has 1 aliphatic rings. The van der Waals surface area contributed by atoms with Gasteiger partial charge in [0, 0.05) is 10.4 Å². The lowest BCUT2D eigenvalue weighted by molar-refractivity contribution is 0.00578. The number of nitrogens with zero attached hydrogens (tertiary/aromatic N) is 1. The fourth-order valence-corrected chi connectivity index (χ4v) is 4.32. The summed E-state index contributed by atoms with van der Waals surface area (Å²) >= 11 is 4.21. The number of thiol groups is 1. The van der Waals surface area contributed by atoms with Crippen LogP contribution in [-0.4, -0.2) is 38.8 Å². The van der Waals surface area contributed by atoms with E-state index in [1.165, 1.54) is 13.2 Å². The van der Waals surface area contributed by atoms with Crippen LogP contribution in [-0.2, 0) is 19.3 Å². The summed E-state index contributed by atoms with van der Waals surface area (Å²) in [6, 6.07) is 9.64. The van der Waals surface area contributed by atoms with E-state index in [0.29, 0.717) is 10.4 Å². The van der Waals surface area contributed by atoms with Crippen molar-refractivity contribution in [2.24, 2.45) is 0 Å². The van der Waals surface area contributed by atoms with Crippen molar-refractivity contribution < 1.29 is 22.5 Å². The summed E-state index contributed by atoms with van der Waals surface area (Å²) in [5.41, 5.74) is -0.447. The molecular formula is C18H23BN2O5S2. The van der Waals surface area contributed by atoms with E-state index in [2.05, 4.69) is 22.3 Å². The molecule has 150 valence electrons. The van der Waals surface area contributed by atoms with Gasteiger partial charge in [0.25, 0.3) is 10.0 Å². The van der Waals surface area contributed by atoms with Crippen LogP contribution in [0.5, 0.6) is 5.88 Å². The van der Waals surface area contributed by atoms with Gasteiger partial charge in [-0.3, -0.25) is 4.72 Å². The van der Waals surface area contributed by atoms with E-state index in [1.807, 2.05) is 27.7 Å². The second-order valence-electron chi connectivity index (χ2n) is 7.46. The monoisotopic (exact) mass is 422 g/mol. The molecule has 0 aliphatic carbocycles. The molecule has 1 N–H and O–H groups in total. The standard InChI is InChI=1S/C18H23BN2O5S2/c1-17(2)18(3,4)26-19(25-17)12-10-11-15(20-16(12)24-5)21-28(22,23)14-9-7-6-8-13(14)27/h6-11,27H,1-5H3,(H,20,21). The molecule has 2 heterocycles. The topological polar surface area (TPSA) is 86.8 Å². The molecule has 0 bridgehead atoms. The molecule has 0 amide bonds. The lowest BCUT2D eigenvalue weighted by Crippen LogP contribution is -2.41. The minimum atomic E-state index is -3.84. The molecule has 7 nitrogen and oxygen atoms in total. The fourth-order valence-electron chi connectivity index (χ4n) is 2.70. The number of aromatic nitrogens is 1. The average Bonchev–Trinajstić information content (AvgIpc) is 2.82. The van der Waals surface area contributed by atoms with Gasteiger partial charge in [-0.1, -0.05) is 18.2 Å². The molecule has 10 heteroatoms. The van der Waals surface area contributed by atoms with E-state index >= 15 is 0 Å². The number of pyridine rings is 1. The molecule has 28 heavy (non-hydrogen) atoms. The molecule has 2 aromatic rings. The number of hydrogen-bond donors (Lipinski definition) is 2. The maximum atomic E-state index is 12.6. The molecule has 0 radical (unpaired) electrons. The number of sulfonamides is 1. The summed E-state index contributed by atoms with van der Waals surface area (Å²) in [4.78, 5) is 4.68. The van der Waals surface area contributed by atoms with Crippen molar-refractivity contribution in [3.05, 3.63) is 36.4 Å². The highest BCUT2D eigenvalue weighted by molar-refractivity contribution is 7.93. The molecule has 1 aromatic heterocycles. The number of benzene rings is 1. The zero-order valence-corrected chi connectivity index (χ0v) is 18.1. The molecule has 0 spiro atoms. The normalized spacial score (nSPS) is 18.1. The largest absolute Gasteiger partial charge is 0.500 e. The first-order valence-corrected chi connectivity index (χ1v) is 10.6. The summed E-state index contributed by atoms with van der Waals surface area (Å²) in [6.07, 6.45) is 0. The first-order chi connectivity index (χ1) is 13.0. The molecular weight excluding hydrogens is 399 g/mol. The third-order valence-electron chi connectivity index (χ3n) is 4.98. The van der Waals surface area contributed by atoms with Crippen LogP contribution in [0.15, 0.2) is 46.2 Å². The second-order valence-corrected chi connectivity index (χ2v) is 9.59. The zero-order chi connectivity index (χ0) is 20.7. The first kappa shape index (κ1) is 21.0. The van der Waals surface area contributed by atoms with Gasteiger partial charge in [-0.2, -0.15) is 4.98 Å². The highest BCUT2D eigenvalue weighted by Gasteiger charge is 2.52. The van der Waals surface area contributed by atoms with Gasteiger partial charge in [-0.05, 0) is 45.9 Å². The van der Waals surface area contributed by atoms with Gasteiger partial charge in [0.15, 0.2) is 0 Å². The third-order valence-corrected chi connectivity index (χ3v) is 6.94. The molecule has 1 saturated heterocycles. The zero-order valence-electron chi connectivity index (χ0n) is 16.4. The summed E-state index contributed by atoms with van der Waals surface area (Å²) in [7, 11) is -3.06. The molecule has 1 fully saturated rings. The number of nitrogens with one attached hydrogen (secondary N) is 1. The predicted molar refractivity (Wildman–Crippen MR) is 111 cm³/mol.